The smallest absolute Gasteiger partial charge is 0.302 e. The second-order valence-corrected chi connectivity index (χ2v) is 4.30. The molecule has 0 amide bonds. The van der Waals surface area contributed by atoms with E-state index in [4.69, 9.17) is 19.3 Å². The van der Waals surface area contributed by atoms with E-state index in [0.717, 1.165) is 0 Å². The highest BCUT2D eigenvalue weighted by Crippen LogP contribution is 2.38. The summed E-state index contributed by atoms with van der Waals surface area (Å²) in [6.45, 7) is 1.41. The first kappa shape index (κ1) is 15.2. The van der Waals surface area contributed by atoms with Crippen molar-refractivity contribution >= 4 is 5.97 Å². The van der Waals surface area contributed by atoms with Gasteiger partial charge in [-0.3, -0.25) is 4.79 Å². The molecule has 5 nitrogen and oxygen atoms in total. The molecule has 2 rings (SSSR count). The Hall–Kier alpha value is -2.23. The number of carbonyl (C=O) groups is 1. The van der Waals surface area contributed by atoms with E-state index < -0.39 is 0 Å². The zero-order valence-corrected chi connectivity index (χ0v) is 11.5. The van der Waals surface area contributed by atoms with Gasteiger partial charge in [0.1, 0.15) is 37.6 Å². The number of hydrogen-bond acceptors (Lipinski definition) is 5. The van der Waals surface area contributed by atoms with Gasteiger partial charge in [0.15, 0.2) is 0 Å². The SMILES string of the molecule is CC(=O)OC/C=C/[C@H]1O[C@@H]1[C@H]1O[C@@H]1C#CC#CC#CCO. The predicted molar refractivity (Wildman–Crippen MR) is 73.5 cm³/mol. The fraction of sp³-hybridized carbons (Fsp3) is 0.438. The van der Waals surface area contributed by atoms with E-state index in [2.05, 4.69) is 35.5 Å². The monoisotopic (exact) mass is 286 g/mol. The van der Waals surface area contributed by atoms with Crippen LogP contribution in [0.25, 0.3) is 0 Å². The van der Waals surface area contributed by atoms with Gasteiger partial charge in [-0.05, 0) is 29.8 Å². The minimum absolute atomic E-state index is 0.00105. The zero-order chi connectivity index (χ0) is 15.1. The quantitative estimate of drug-likeness (QED) is 0.331. The van der Waals surface area contributed by atoms with Crippen molar-refractivity contribution in [2.24, 2.45) is 0 Å². The van der Waals surface area contributed by atoms with Crippen molar-refractivity contribution in [2.45, 2.75) is 31.3 Å². The van der Waals surface area contributed by atoms with Crippen LogP contribution in [0, 0.1) is 35.5 Å². The minimum atomic E-state index is -0.307. The first-order chi connectivity index (χ1) is 10.2. The van der Waals surface area contributed by atoms with Gasteiger partial charge in [-0.25, -0.2) is 0 Å². The third-order valence-corrected chi connectivity index (χ3v) is 2.69. The lowest BCUT2D eigenvalue weighted by Gasteiger charge is -1.93. The van der Waals surface area contributed by atoms with E-state index >= 15 is 0 Å². The first-order valence-electron chi connectivity index (χ1n) is 6.42. The number of aliphatic hydroxyl groups excluding tert-OH is 1. The molecule has 2 aliphatic heterocycles. The molecule has 21 heavy (non-hydrogen) atoms. The van der Waals surface area contributed by atoms with Crippen LogP contribution in [-0.2, 0) is 19.0 Å². The van der Waals surface area contributed by atoms with E-state index in [9.17, 15) is 4.79 Å². The van der Waals surface area contributed by atoms with Gasteiger partial charge < -0.3 is 19.3 Å². The third-order valence-electron chi connectivity index (χ3n) is 2.69. The molecule has 0 aliphatic carbocycles. The molecule has 2 fully saturated rings. The van der Waals surface area contributed by atoms with Crippen molar-refractivity contribution in [3.05, 3.63) is 12.2 Å². The van der Waals surface area contributed by atoms with E-state index in [0.29, 0.717) is 0 Å². The highest BCUT2D eigenvalue weighted by Gasteiger charge is 2.56. The number of aliphatic hydroxyl groups is 1. The highest BCUT2D eigenvalue weighted by atomic mass is 16.7. The Morgan fingerprint density at radius 3 is 2.81 bits per heavy atom. The molecule has 0 aromatic carbocycles. The average molecular weight is 286 g/mol. The summed E-state index contributed by atoms with van der Waals surface area (Å²) in [5.74, 6) is 15.1. The van der Waals surface area contributed by atoms with Gasteiger partial charge in [0, 0.05) is 6.92 Å². The molecule has 0 aromatic rings. The molecular weight excluding hydrogens is 272 g/mol. The van der Waals surface area contributed by atoms with Gasteiger partial charge in [-0.15, -0.1) is 0 Å². The van der Waals surface area contributed by atoms with Crippen LogP contribution in [0.2, 0.25) is 0 Å². The molecule has 0 spiro atoms. The predicted octanol–water partition coefficient (Wildman–Crippen LogP) is -0.357. The Bertz CT molecular complexity index is 602. The number of epoxide rings is 2. The van der Waals surface area contributed by atoms with Crippen LogP contribution in [0.3, 0.4) is 0 Å². The molecule has 1 N–H and O–H groups in total. The second-order valence-electron chi connectivity index (χ2n) is 4.30. The molecule has 0 aromatic heterocycles. The topological polar surface area (TPSA) is 71.6 Å². The van der Waals surface area contributed by atoms with Crippen molar-refractivity contribution in [3.8, 4) is 35.5 Å². The number of hydrogen-bond donors (Lipinski definition) is 1. The summed E-state index contributed by atoms with van der Waals surface area (Å²) in [6, 6.07) is 0. The number of rotatable bonds is 4. The molecule has 5 heteroatoms. The Morgan fingerprint density at radius 1 is 1.24 bits per heavy atom. The van der Waals surface area contributed by atoms with Gasteiger partial charge in [0.05, 0.1) is 0 Å². The molecule has 2 saturated heterocycles. The van der Waals surface area contributed by atoms with Crippen LogP contribution in [0.15, 0.2) is 12.2 Å². The van der Waals surface area contributed by atoms with Crippen LogP contribution >= 0.6 is 0 Å². The molecule has 0 bridgehead atoms. The standard InChI is InChI=1S/C16H14O5/c1-12(18)19-11-7-9-14-16(21-14)15-13(20-15)8-5-3-2-4-6-10-17/h7,9,13-17H,10-11H2,1H3/b9-7+/t13-,14-,15+,16+/m1/s1. The maximum Gasteiger partial charge on any atom is 0.302 e. The molecule has 2 heterocycles. The summed E-state index contributed by atoms with van der Waals surface area (Å²) in [6.07, 6.45) is 3.44. The average Bonchev–Trinajstić information content (AvgIpc) is 3.33. The van der Waals surface area contributed by atoms with Crippen molar-refractivity contribution in [3.63, 3.8) is 0 Å². The molecular formula is C16H14O5. The van der Waals surface area contributed by atoms with Crippen LogP contribution < -0.4 is 0 Å². The van der Waals surface area contributed by atoms with Gasteiger partial charge in [-0.2, -0.15) is 0 Å². The minimum Gasteiger partial charge on any atom is -0.462 e. The summed E-state index contributed by atoms with van der Waals surface area (Å²) in [5, 5.41) is 8.41. The lowest BCUT2D eigenvalue weighted by Crippen LogP contribution is -2.04. The molecule has 2 aliphatic rings. The molecule has 108 valence electrons. The summed E-state index contributed by atoms with van der Waals surface area (Å²) in [5.41, 5.74) is 0. The Labute approximate surface area is 123 Å². The van der Waals surface area contributed by atoms with Crippen molar-refractivity contribution in [1.82, 2.24) is 0 Å². The largest absolute Gasteiger partial charge is 0.462 e. The van der Waals surface area contributed by atoms with Crippen LogP contribution in [0.1, 0.15) is 6.92 Å². The van der Waals surface area contributed by atoms with Gasteiger partial charge in [-0.1, -0.05) is 17.9 Å². The lowest BCUT2D eigenvalue weighted by atomic mass is 10.2. The van der Waals surface area contributed by atoms with E-state index in [1.54, 1.807) is 6.08 Å². The van der Waals surface area contributed by atoms with Crippen molar-refractivity contribution in [2.75, 3.05) is 13.2 Å². The zero-order valence-electron chi connectivity index (χ0n) is 11.5. The number of esters is 1. The number of carbonyl (C=O) groups excluding carboxylic acids is 1. The Morgan fingerprint density at radius 2 is 2.05 bits per heavy atom. The maximum absolute atomic E-state index is 10.6. The third kappa shape index (κ3) is 5.34. The summed E-state index contributed by atoms with van der Waals surface area (Å²) >= 11 is 0. The summed E-state index contributed by atoms with van der Waals surface area (Å²) in [7, 11) is 0. The molecule has 0 unspecified atom stereocenters. The van der Waals surface area contributed by atoms with E-state index in [1.165, 1.54) is 6.92 Å². The van der Waals surface area contributed by atoms with Gasteiger partial charge in [0.2, 0.25) is 0 Å². The molecule has 0 saturated carbocycles. The van der Waals surface area contributed by atoms with Crippen molar-refractivity contribution < 1.29 is 24.1 Å². The van der Waals surface area contributed by atoms with Gasteiger partial charge in [0.25, 0.3) is 0 Å². The Balaban J connectivity index is 1.65. The first-order valence-corrected chi connectivity index (χ1v) is 6.42. The van der Waals surface area contributed by atoms with E-state index in [1.807, 2.05) is 6.08 Å². The molecule has 0 radical (unpaired) electrons. The fourth-order valence-corrected chi connectivity index (χ4v) is 1.65. The van der Waals surface area contributed by atoms with Crippen LogP contribution in [0.5, 0.6) is 0 Å². The van der Waals surface area contributed by atoms with Crippen LogP contribution in [0.4, 0.5) is 0 Å². The fourth-order valence-electron chi connectivity index (χ4n) is 1.65. The van der Waals surface area contributed by atoms with Crippen molar-refractivity contribution in [1.29, 1.82) is 0 Å². The number of ether oxygens (including phenoxy) is 3. The van der Waals surface area contributed by atoms with Gasteiger partial charge >= 0.3 is 5.97 Å². The van der Waals surface area contributed by atoms with E-state index in [-0.39, 0.29) is 43.6 Å². The highest BCUT2D eigenvalue weighted by molar-refractivity contribution is 5.66. The Kier molecular flexibility index (Phi) is 5.43. The normalized spacial score (nSPS) is 28.3. The lowest BCUT2D eigenvalue weighted by molar-refractivity contribution is -0.139. The summed E-state index contributed by atoms with van der Waals surface area (Å²) < 4.78 is 15.6. The maximum atomic E-state index is 10.6. The summed E-state index contributed by atoms with van der Waals surface area (Å²) in [4.78, 5) is 10.6. The molecule has 4 atom stereocenters. The second kappa shape index (κ2) is 7.53. The van der Waals surface area contributed by atoms with Crippen LogP contribution in [-0.4, -0.2) is 48.7 Å².